The number of carbonyl (C=O) groups is 1. The van der Waals surface area contributed by atoms with Crippen molar-refractivity contribution in [3.05, 3.63) is 12.7 Å². The second-order valence-electron chi connectivity index (χ2n) is 5.29. The van der Waals surface area contributed by atoms with E-state index in [0.29, 0.717) is 12.3 Å². The lowest BCUT2D eigenvalue weighted by Crippen LogP contribution is -2.40. The molecule has 0 aromatic rings. The van der Waals surface area contributed by atoms with Gasteiger partial charge in [0.25, 0.3) is 0 Å². The van der Waals surface area contributed by atoms with Crippen molar-refractivity contribution in [3.63, 3.8) is 0 Å². The lowest BCUT2D eigenvalue weighted by molar-refractivity contribution is -0.118. The van der Waals surface area contributed by atoms with Crippen LogP contribution in [0.3, 0.4) is 0 Å². The smallest absolute Gasteiger partial charge is 0.217 e. The summed E-state index contributed by atoms with van der Waals surface area (Å²) in [6, 6.07) is 0. The third kappa shape index (κ3) is 6.17. The molecule has 18 heavy (non-hydrogen) atoms. The summed E-state index contributed by atoms with van der Waals surface area (Å²) in [6.07, 6.45) is 6.91. The van der Waals surface area contributed by atoms with E-state index in [1.54, 1.807) is 0 Å². The van der Waals surface area contributed by atoms with Gasteiger partial charge in [-0.05, 0) is 44.6 Å². The lowest BCUT2D eigenvalue weighted by Gasteiger charge is -2.33. The Hall–Kier alpha value is -0.870. The number of aliphatic hydroxyl groups is 1. The molecule has 1 amide bonds. The molecule has 1 aliphatic heterocycles. The maximum Gasteiger partial charge on any atom is 0.217 e. The van der Waals surface area contributed by atoms with E-state index >= 15 is 0 Å². The minimum absolute atomic E-state index is 0.210. The molecule has 0 aromatic heterocycles. The van der Waals surface area contributed by atoms with Gasteiger partial charge in [0.2, 0.25) is 5.91 Å². The van der Waals surface area contributed by atoms with E-state index in [1.165, 1.54) is 6.42 Å². The molecular formula is C14H26N2O2. The molecule has 104 valence electrons. The minimum atomic E-state index is -0.266. The number of primary amides is 1. The Labute approximate surface area is 110 Å². The van der Waals surface area contributed by atoms with Crippen molar-refractivity contribution in [2.24, 2.45) is 11.7 Å². The zero-order valence-electron chi connectivity index (χ0n) is 11.2. The number of nitrogens with zero attached hydrogens (tertiary/aromatic N) is 1. The zero-order valence-corrected chi connectivity index (χ0v) is 11.2. The minimum Gasteiger partial charge on any atom is -0.392 e. The number of carbonyl (C=O) groups excluding carboxylic acids is 1. The van der Waals surface area contributed by atoms with E-state index < -0.39 is 0 Å². The standard InChI is InChI=1S/C14H26N2O2/c1-2-3-6-13(17)11-16-9-4-5-12(10-16)7-8-14(15)18/h2,12-13,17H,1,3-11H2,(H2,15,18). The molecule has 0 aliphatic carbocycles. The van der Waals surface area contributed by atoms with E-state index in [-0.39, 0.29) is 12.0 Å². The Balaban J connectivity index is 2.25. The fourth-order valence-electron chi connectivity index (χ4n) is 2.60. The summed E-state index contributed by atoms with van der Waals surface area (Å²) in [6.45, 7) is 6.44. The highest BCUT2D eigenvalue weighted by Gasteiger charge is 2.21. The maximum atomic E-state index is 10.8. The van der Waals surface area contributed by atoms with Gasteiger partial charge in [0, 0.05) is 19.5 Å². The summed E-state index contributed by atoms with van der Waals surface area (Å²) in [4.78, 5) is 13.1. The van der Waals surface area contributed by atoms with Crippen LogP contribution in [0.4, 0.5) is 0 Å². The van der Waals surface area contributed by atoms with Gasteiger partial charge in [-0.1, -0.05) is 6.08 Å². The molecule has 1 rings (SSSR count). The molecule has 0 saturated carbocycles. The van der Waals surface area contributed by atoms with Crippen molar-refractivity contribution < 1.29 is 9.90 Å². The average molecular weight is 254 g/mol. The van der Waals surface area contributed by atoms with Gasteiger partial charge in [-0.25, -0.2) is 0 Å². The highest BCUT2D eigenvalue weighted by atomic mass is 16.3. The molecule has 0 bridgehead atoms. The van der Waals surface area contributed by atoms with Crippen LogP contribution in [-0.4, -0.2) is 41.7 Å². The SMILES string of the molecule is C=CCCC(O)CN1CCCC(CCC(N)=O)C1. The van der Waals surface area contributed by atoms with E-state index in [4.69, 9.17) is 5.73 Å². The first-order chi connectivity index (χ1) is 8.61. The Morgan fingerprint density at radius 3 is 3.06 bits per heavy atom. The zero-order chi connectivity index (χ0) is 13.4. The highest BCUT2D eigenvalue weighted by molar-refractivity contribution is 5.73. The monoisotopic (exact) mass is 254 g/mol. The van der Waals surface area contributed by atoms with E-state index in [2.05, 4.69) is 11.5 Å². The van der Waals surface area contributed by atoms with Crippen LogP contribution >= 0.6 is 0 Å². The Morgan fingerprint density at radius 2 is 2.39 bits per heavy atom. The largest absolute Gasteiger partial charge is 0.392 e. The Bertz CT molecular complexity index is 269. The quantitative estimate of drug-likeness (QED) is 0.641. The van der Waals surface area contributed by atoms with Crippen molar-refractivity contribution in [2.45, 2.75) is 44.6 Å². The third-order valence-electron chi connectivity index (χ3n) is 3.58. The predicted molar refractivity (Wildman–Crippen MR) is 73.0 cm³/mol. The third-order valence-corrected chi connectivity index (χ3v) is 3.58. The lowest BCUT2D eigenvalue weighted by atomic mass is 9.93. The number of allylic oxidation sites excluding steroid dienone is 1. The van der Waals surface area contributed by atoms with E-state index in [0.717, 1.165) is 45.3 Å². The van der Waals surface area contributed by atoms with Crippen molar-refractivity contribution in [3.8, 4) is 0 Å². The summed E-state index contributed by atoms with van der Waals surface area (Å²) >= 11 is 0. The van der Waals surface area contributed by atoms with Crippen molar-refractivity contribution in [1.29, 1.82) is 0 Å². The van der Waals surface area contributed by atoms with Crippen molar-refractivity contribution >= 4 is 5.91 Å². The second-order valence-corrected chi connectivity index (χ2v) is 5.29. The molecule has 0 aromatic carbocycles. The molecule has 1 aliphatic rings. The number of nitrogens with two attached hydrogens (primary N) is 1. The van der Waals surface area contributed by atoms with Gasteiger partial charge in [0.05, 0.1) is 6.10 Å². The number of hydrogen-bond donors (Lipinski definition) is 2. The van der Waals surface area contributed by atoms with Crippen LogP contribution in [-0.2, 0) is 4.79 Å². The molecule has 2 atom stereocenters. The normalized spacial score (nSPS) is 22.6. The average Bonchev–Trinajstić information content (AvgIpc) is 2.34. The van der Waals surface area contributed by atoms with Crippen LogP contribution in [0.1, 0.15) is 38.5 Å². The van der Waals surface area contributed by atoms with Crippen molar-refractivity contribution in [1.82, 2.24) is 4.90 Å². The molecule has 2 unspecified atom stereocenters. The number of likely N-dealkylation sites (tertiary alicyclic amines) is 1. The molecule has 1 heterocycles. The van der Waals surface area contributed by atoms with Crippen molar-refractivity contribution in [2.75, 3.05) is 19.6 Å². The van der Waals surface area contributed by atoms with Gasteiger partial charge in [-0.3, -0.25) is 4.79 Å². The number of piperidine rings is 1. The molecule has 0 spiro atoms. The summed E-state index contributed by atoms with van der Waals surface area (Å²) in [5, 5.41) is 9.87. The molecular weight excluding hydrogens is 228 g/mol. The van der Waals surface area contributed by atoms with Gasteiger partial charge in [-0.15, -0.1) is 6.58 Å². The fourth-order valence-corrected chi connectivity index (χ4v) is 2.60. The predicted octanol–water partition coefficient (Wildman–Crippen LogP) is 1.29. The second kappa shape index (κ2) is 8.27. The Morgan fingerprint density at radius 1 is 1.61 bits per heavy atom. The molecule has 4 heteroatoms. The van der Waals surface area contributed by atoms with Gasteiger partial charge < -0.3 is 15.7 Å². The van der Waals surface area contributed by atoms with Gasteiger partial charge >= 0.3 is 0 Å². The number of hydrogen-bond acceptors (Lipinski definition) is 3. The fraction of sp³-hybridized carbons (Fsp3) is 0.786. The molecule has 3 N–H and O–H groups in total. The topological polar surface area (TPSA) is 66.6 Å². The number of β-amino-alcohol motifs (C(OH)–C–C–N with tert-alkyl or cyclic N) is 1. The van der Waals surface area contributed by atoms with Crippen LogP contribution in [0.25, 0.3) is 0 Å². The van der Waals surface area contributed by atoms with Crippen LogP contribution in [0.2, 0.25) is 0 Å². The van der Waals surface area contributed by atoms with Gasteiger partial charge in [-0.2, -0.15) is 0 Å². The molecule has 1 saturated heterocycles. The molecule has 4 nitrogen and oxygen atoms in total. The first-order valence-corrected chi connectivity index (χ1v) is 6.91. The summed E-state index contributed by atoms with van der Waals surface area (Å²) in [7, 11) is 0. The molecule has 0 radical (unpaired) electrons. The van der Waals surface area contributed by atoms with Gasteiger partial charge in [0.1, 0.15) is 0 Å². The van der Waals surface area contributed by atoms with Crippen LogP contribution in [0, 0.1) is 5.92 Å². The summed E-state index contributed by atoms with van der Waals surface area (Å²) in [5.74, 6) is 0.344. The summed E-state index contributed by atoms with van der Waals surface area (Å²) in [5.41, 5.74) is 5.18. The van der Waals surface area contributed by atoms with Gasteiger partial charge in [0.15, 0.2) is 0 Å². The molecule has 1 fully saturated rings. The number of amides is 1. The van der Waals surface area contributed by atoms with Crippen LogP contribution in [0.15, 0.2) is 12.7 Å². The number of rotatable bonds is 8. The van der Waals surface area contributed by atoms with Crippen LogP contribution in [0.5, 0.6) is 0 Å². The first-order valence-electron chi connectivity index (χ1n) is 6.91. The van der Waals surface area contributed by atoms with E-state index in [1.807, 2.05) is 6.08 Å². The highest BCUT2D eigenvalue weighted by Crippen LogP contribution is 2.21. The van der Waals surface area contributed by atoms with E-state index in [9.17, 15) is 9.90 Å². The summed E-state index contributed by atoms with van der Waals surface area (Å²) < 4.78 is 0. The van der Waals surface area contributed by atoms with Crippen LogP contribution < -0.4 is 5.73 Å². The number of aliphatic hydroxyl groups excluding tert-OH is 1. The Kier molecular flexibility index (Phi) is 6.98. The maximum absolute atomic E-state index is 10.8. The first kappa shape index (κ1) is 15.2.